The van der Waals surface area contributed by atoms with Crippen LogP contribution in [0.15, 0.2) is 30.0 Å². The van der Waals surface area contributed by atoms with Crippen molar-refractivity contribution < 1.29 is 9.53 Å². The number of hydrogen-bond acceptors (Lipinski definition) is 4. The molecule has 0 amide bonds. The van der Waals surface area contributed by atoms with Gasteiger partial charge in [0.1, 0.15) is 11.4 Å². The number of nitrogens with zero attached hydrogens (tertiary/aromatic N) is 1. The number of hydrogen-bond donors (Lipinski definition) is 1. The lowest BCUT2D eigenvalue weighted by Crippen LogP contribution is -2.11. The molecule has 0 aromatic carbocycles. The average Bonchev–Trinajstić information content (AvgIpc) is 2.92. The summed E-state index contributed by atoms with van der Waals surface area (Å²) < 4.78 is 4.73. The molecule has 0 atom stereocenters. The van der Waals surface area contributed by atoms with Gasteiger partial charge in [0, 0.05) is 12.7 Å². The Bertz CT molecular complexity index is 455. The number of ether oxygens (including phenoxy) is 1. The Morgan fingerprint density at radius 3 is 3.17 bits per heavy atom. The number of methoxy groups -OCH3 is 1. The third-order valence-corrected chi connectivity index (χ3v) is 3.09. The van der Waals surface area contributed by atoms with Crippen LogP contribution in [0.3, 0.4) is 0 Å². The molecule has 0 radical (unpaired) electrons. The van der Waals surface area contributed by atoms with Gasteiger partial charge in [-0.3, -0.25) is 0 Å². The summed E-state index contributed by atoms with van der Waals surface area (Å²) in [5.41, 5.74) is 1.98. The molecule has 2 rings (SSSR count). The highest BCUT2D eigenvalue weighted by Crippen LogP contribution is 2.20. The number of carbonyl (C=O) groups is 1. The zero-order valence-corrected chi connectivity index (χ0v) is 10.6. The largest absolute Gasteiger partial charge is 0.465 e. The van der Waals surface area contributed by atoms with Gasteiger partial charge in [-0.1, -0.05) is 11.6 Å². The standard InChI is InChI=1S/C14H18N2O2/c1-18-14(17)12-7-4-9-15-13(12)16-10-8-11-5-2-3-6-11/h4-5,7,9H,2-3,6,8,10H2,1H3,(H,15,16). The minimum Gasteiger partial charge on any atom is -0.465 e. The predicted molar refractivity (Wildman–Crippen MR) is 70.6 cm³/mol. The van der Waals surface area contributed by atoms with Crippen LogP contribution in [0.1, 0.15) is 36.0 Å². The Balaban J connectivity index is 1.94. The number of rotatable bonds is 5. The fourth-order valence-electron chi connectivity index (χ4n) is 2.13. The van der Waals surface area contributed by atoms with Crippen LogP contribution in [0.2, 0.25) is 0 Å². The van der Waals surface area contributed by atoms with Crippen molar-refractivity contribution in [3.63, 3.8) is 0 Å². The van der Waals surface area contributed by atoms with Crippen molar-refractivity contribution in [3.8, 4) is 0 Å². The summed E-state index contributed by atoms with van der Waals surface area (Å²) in [5.74, 6) is 0.244. The van der Waals surface area contributed by atoms with Gasteiger partial charge in [-0.05, 0) is 37.8 Å². The topological polar surface area (TPSA) is 51.2 Å². The number of carbonyl (C=O) groups excluding carboxylic acids is 1. The quantitative estimate of drug-likeness (QED) is 0.641. The summed E-state index contributed by atoms with van der Waals surface area (Å²) in [5, 5.41) is 3.20. The van der Waals surface area contributed by atoms with Crippen molar-refractivity contribution in [2.24, 2.45) is 0 Å². The summed E-state index contributed by atoms with van der Waals surface area (Å²) >= 11 is 0. The number of pyridine rings is 1. The van der Waals surface area contributed by atoms with Gasteiger partial charge in [-0.2, -0.15) is 0 Å². The molecule has 0 saturated carbocycles. The second-order valence-corrected chi connectivity index (χ2v) is 4.32. The Kier molecular flexibility index (Phi) is 4.34. The number of anilines is 1. The molecular formula is C14H18N2O2. The summed E-state index contributed by atoms with van der Waals surface area (Å²) in [6.07, 6.45) is 8.66. The molecule has 0 bridgehead atoms. The number of nitrogens with one attached hydrogen (secondary N) is 1. The molecule has 96 valence electrons. The van der Waals surface area contributed by atoms with E-state index in [9.17, 15) is 4.79 Å². The second-order valence-electron chi connectivity index (χ2n) is 4.32. The van der Waals surface area contributed by atoms with E-state index in [0.29, 0.717) is 11.4 Å². The average molecular weight is 246 g/mol. The molecule has 4 nitrogen and oxygen atoms in total. The minimum atomic E-state index is -0.356. The van der Waals surface area contributed by atoms with Crippen molar-refractivity contribution >= 4 is 11.8 Å². The summed E-state index contributed by atoms with van der Waals surface area (Å²) in [7, 11) is 1.38. The molecule has 1 aromatic rings. The molecule has 1 aliphatic carbocycles. The van der Waals surface area contributed by atoms with Crippen molar-refractivity contribution in [1.29, 1.82) is 0 Å². The number of aromatic nitrogens is 1. The second kappa shape index (κ2) is 6.19. The third-order valence-electron chi connectivity index (χ3n) is 3.09. The van der Waals surface area contributed by atoms with Crippen molar-refractivity contribution in [2.75, 3.05) is 19.0 Å². The van der Waals surface area contributed by atoms with E-state index >= 15 is 0 Å². The van der Waals surface area contributed by atoms with Crippen molar-refractivity contribution in [2.45, 2.75) is 25.7 Å². The van der Waals surface area contributed by atoms with Crippen molar-refractivity contribution in [1.82, 2.24) is 4.98 Å². The normalized spacial score (nSPS) is 14.2. The number of esters is 1. The van der Waals surface area contributed by atoms with Crippen LogP contribution in [0, 0.1) is 0 Å². The van der Waals surface area contributed by atoms with Crippen LogP contribution in [-0.4, -0.2) is 24.6 Å². The van der Waals surface area contributed by atoms with E-state index in [1.165, 1.54) is 31.9 Å². The summed E-state index contributed by atoms with van der Waals surface area (Å²) in [6.45, 7) is 0.798. The molecule has 18 heavy (non-hydrogen) atoms. The first-order valence-electron chi connectivity index (χ1n) is 6.26. The monoisotopic (exact) mass is 246 g/mol. The molecule has 0 spiro atoms. The molecule has 1 aromatic heterocycles. The Labute approximate surface area is 107 Å². The maximum atomic E-state index is 11.5. The summed E-state index contributed by atoms with van der Waals surface area (Å²) in [6, 6.07) is 3.45. The van der Waals surface area contributed by atoms with E-state index in [1.807, 2.05) is 0 Å². The Morgan fingerprint density at radius 2 is 2.44 bits per heavy atom. The summed E-state index contributed by atoms with van der Waals surface area (Å²) in [4.78, 5) is 15.7. The molecule has 0 aliphatic heterocycles. The molecule has 1 heterocycles. The smallest absolute Gasteiger partial charge is 0.341 e. The van der Waals surface area contributed by atoms with Crippen LogP contribution in [0.25, 0.3) is 0 Å². The molecule has 1 aliphatic rings. The van der Waals surface area contributed by atoms with Crippen LogP contribution in [0.5, 0.6) is 0 Å². The fourth-order valence-corrected chi connectivity index (χ4v) is 2.13. The van der Waals surface area contributed by atoms with Crippen LogP contribution in [0.4, 0.5) is 5.82 Å². The van der Waals surface area contributed by atoms with Gasteiger partial charge in [0.15, 0.2) is 0 Å². The highest BCUT2D eigenvalue weighted by Gasteiger charge is 2.12. The minimum absolute atomic E-state index is 0.356. The van der Waals surface area contributed by atoms with E-state index in [4.69, 9.17) is 4.74 Å². The van der Waals surface area contributed by atoms with Crippen LogP contribution >= 0.6 is 0 Å². The van der Waals surface area contributed by atoms with E-state index in [-0.39, 0.29) is 5.97 Å². The predicted octanol–water partition coefficient (Wildman–Crippen LogP) is 2.78. The maximum Gasteiger partial charge on any atom is 0.341 e. The van der Waals surface area contributed by atoms with E-state index in [2.05, 4.69) is 16.4 Å². The first-order chi connectivity index (χ1) is 8.81. The van der Waals surface area contributed by atoms with Gasteiger partial charge in [-0.15, -0.1) is 0 Å². The molecule has 0 unspecified atom stereocenters. The molecule has 0 saturated heterocycles. The fraction of sp³-hybridized carbons (Fsp3) is 0.429. The zero-order valence-electron chi connectivity index (χ0n) is 10.6. The highest BCUT2D eigenvalue weighted by atomic mass is 16.5. The lowest BCUT2D eigenvalue weighted by atomic mass is 10.1. The van der Waals surface area contributed by atoms with E-state index in [0.717, 1.165) is 13.0 Å². The maximum absolute atomic E-state index is 11.5. The molecular weight excluding hydrogens is 228 g/mol. The van der Waals surface area contributed by atoms with E-state index < -0.39 is 0 Å². The lowest BCUT2D eigenvalue weighted by Gasteiger charge is -2.09. The zero-order chi connectivity index (χ0) is 12.8. The number of allylic oxidation sites excluding steroid dienone is 1. The highest BCUT2D eigenvalue weighted by molar-refractivity contribution is 5.94. The van der Waals surface area contributed by atoms with Crippen LogP contribution in [-0.2, 0) is 4.74 Å². The Morgan fingerprint density at radius 1 is 1.56 bits per heavy atom. The van der Waals surface area contributed by atoms with Gasteiger partial charge < -0.3 is 10.1 Å². The van der Waals surface area contributed by atoms with Gasteiger partial charge in [-0.25, -0.2) is 9.78 Å². The van der Waals surface area contributed by atoms with Gasteiger partial charge in [0.25, 0.3) is 0 Å². The van der Waals surface area contributed by atoms with Crippen LogP contribution < -0.4 is 5.32 Å². The van der Waals surface area contributed by atoms with Gasteiger partial charge >= 0.3 is 5.97 Å². The van der Waals surface area contributed by atoms with Gasteiger partial charge in [0.05, 0.1) is 7.11 Å². The molecule has 4 heteroatoms. The molecule has 1 N–H and O–H groups in total. The van der Waals surface area contributed by atoms with E-state index in [1.54, 1.807) is 18.3 Å². The van der Waals surface area contributed by atoms with Gasteiger partial charge in [0.2, 0.25) is 0 Å². The first-order valence-corrected chi connectivity index (χ1v) is 6.26. The Hall–Kier alpha value is -1.84. The first kappa shape index (κ1) is 12.6. The van der Waals surface area contributed by atoms with Crippen molar-refractivity contribution in [3.05, 3.63) is 35.5 Å². The molecule has 0 fully saturated rings. The lowest BCUT2D eigenvalue weighted by molar-refractivity contribution is 0.0601. The third kappa shape index (κ3) is 3.09. The SMILES string of the molecule is COC(=O)c1cccnc1NCCC1=CCCC1.